The van der Waals surface area contributed by atoms with Gasteiger partial charge in [0.05, 0.1) is 6.42 Å². The molecule has 10 heteroatoms. The van der Waals surface area contributed by atoms with E-state index in [0.717, 1.165) is 17.6 Å². The number of pyridine rings is 1. The highest BCUT2D eigenvalue weighted by Crippen LogP contribution is 2.40. The van der Waals surface area contributed by atoms with Gasteiger partial charge in [-0.2, -0.15) is 0 Å². The number of nitrogens with one attached hydrogen (secondary N) is 2. The molecule has 0 unspecified atom stereocenters. The highest BCUT2D eigenvalue weighted by atomic mass is 16.4. The second-order valence-corrected chi connectivity index (χ2v) is 9.34. The fraction of sp³-hybridized carbons (Fsp3) is 0.360. The molecule has 1 aromatic carbocycles. The second-order valence-electron chi connectivity index (χ2n) is 9.34. The number of piperidine rings is 1. The maximum atomic E-state index is 12.5. The molecule has 3 atom stereocenters. The van der Waals surface area contributed by atoms with Crippen LogP contribution in [0.25, 0.3) is 10.9 Å². The number of amides is 1. The van der Waals surface area contributed by atoms with Crippen LogP contribution in [-0.2, 0) is 20.9 Å². The lowest BCUT2D eigenvalue weighted by Gasteiger charge is -2.44. The normalized spacial score (nSPS) is 20.2. The van der Waals surface area contributed by atoms with Gasteiger partial charge in [-0.3, -0.25) is 24.1 Å². The van der Waals surface area contributed by atoms with Crippen molar-refractivity contribution in [1.29, 1.82) is 0 Å². The molecule has 2 aliphatic heterocycles. The monoisotopic (exact) mass is 478 g/mol. The minimum Gasteiger partial charge on any atom is -0.481 e. The van der Waals surface area contributed by atoms with Crippen molar-refractivity contribution >= 4 is 34.4 Å². The molecule has 0 saturated carbocycles. The van der Waals surface area contributed by atoms with Crippen molar-refractivity contribution in [2.45, 2.75) is 37.8 Å². The Labute approximate surface area is 200 Å². The molecular formula is C25H26N4O6. The van der Waals surface area contributed by atoms with Crippen LogP contribution in [0.2, 0.25) is 0 Å². The molecule has 0 aliphatic carbocycles. The van der Waals surface area contributed by atoms with E-state index in [1.165, 1.54) is 0 Å². The van der Waals surface area contributed by atoms with Crippen LogP contribution in [0.5, 0.6) is 0 Å². The molecule has 35 heavy (non-hydrogen) atoms. The van der Waals surface area contributed by atoms with Gasteiger partial charge >= 0.3 is 11.9 Å². The summed E-state index contributed by atoms with van der Waals surface area (Å²) in [4.78, 5) is 52.8. The van der Waals surface area contributed by atoms with E-state index in [2.05, 4.69) is 10.3 Å². The zero-order valence-electron chi connectivity index (χ0n) is 18.9. The molecule has 10 nitrogen and oxygen atoms in total. The summed E-state index contributed by atoms with van der Waals surface area (Å²) in [5.41, 5.74) is 2.74. The number of fused-ring (bicyclic) bond motifs is 5. The van der Waals surface area contributed by atoms with E-state index in [4.69, 9.17) is 5.11 Å². The first-order chi connectivity index (χ1) is 16.8. The zero-order valence-corrected chi connectivity index (χ0v) is 18.9. The fourth-order valence-electron chi connectivity index (χ4n) is 5.52. The van der Waals surface area contributed by atoms with Gasteiger partial charge in [0, 0.05) is 72.1 Å². The van der Waals surface area contributed by atoms with Crippen molar-refractivity contribution in [2.24, 2.45) is 5.92 Å². The SMILES string of the molecule is O=C(O)CCC(=O)Nc1ccc2[nH]cc([C@@H](C(=O)O)N3C[C@@H]4C[C@@H](C3)c3cccc(=O)n3C4)c2c1. The van der Waals surface area contributed by atoms with Gasteiger partial charge in [0.15, 0.2) is 0 Å². The Hall–Kier alpha value is -3.92. The van der Waals surface area contributed by atoms with Gasteiger partial charge in [0.2, 0.25) is 5.91 Å². The summed E-state index contributed by atoms with van der Waals surface area (Å²) in [6, 6.07) is 9.55. The summed E-state index contributed by atoms with van der Waals surface area (Å²) >= 11 is 0. The van der Waals surface area contributed by atoms with Gasteiger partial charge in [-0.05, 0) is 36.6 Å². The number of aromatic amines is 1. The molecule has 2 bridgehead atoms. The van der Waals surface area contributed by atoms with Crippen LogP contribution in [0.4, 0.5) is 5.69 Å². The molecule has 1 saturated heterocycles. The molecule has 5 rings (SSSR count). The van der Waals surface area contributed by atoms with Gasteiger partial charge in [0.1, 0.15) is 6.04 Å². The standard InChI is InChI=1S/C25H26N4O6/c30-21(6-7-23(32)33)27-16-4-5-19-17(9-16)18(10-26-19)24(25(34)35)28-11-14-8-15(13-28)20-2-1-3-22(31)29(20)12-14/h1-5,9-10,14-15,24,26H,6-8,11-13H2,(H,27,30)(H,32,33)(H,34,35)/t14-,15-,24-/m0/s1. The third-order valence-electron chi connectivity index (χ3n) is 6.97. The van der Waals surface area contributed by atoms with Crippen molar-refractivity contribution in [3.8, 4) is 0 Å². The average molecular weight is 479 g/mol. The molecule has 2 aliphatic rings. The molecule has 4 heterocycles. The molecule has 3 aromatic rings. The lowest BCUT2D eigenvalue weighted by Crippen LogP contribution is -2.49. The maximum Gasteiger partial charge on any atom is 0.325 e. The summed E-state index contributed by atoms with van der Waals surface area (Å²) in [7, 11) is 0. The van der Waals surface area contributed by atoms with E-state index < -0.39 is 23.9 Å². The third-order valence-corrected chi connectivity index (χ3v) is 6.97. The number of hydrogen-bond acceptors (Lipinski definition) is 5. The smallest absolute Gasteiger partial charge is 0.325 e. The number of hydrogen-bond donors (Lipinski definition) is 4. The van der Waals surface area contributed by atoms with Crippen LogP contribution >= 0.6 is 0 Å². The summed E-state index contributed by atoms with van der Waals surface area (Å²) in [5, 5.41) is 22.4. The number of aliphatic carboxylic acids is 2. The zero-order chi connectivity index (χ0) is 24.7. The summed E-state index contributed by atoms with van der Waals surface area (Å²) < 4.78 is 1.82. The van der Waals surface area contributed by atoms with Crippen molar-refractivity contribution in [3.63, 3.8) is 0 Å². The third kappa shape index (κ3) is 4.44. The van der Waals surface area contributed by atoms with E-state index in [1.807, 2.05) is 15.5 Å². The van der Waals surface area contributed by atoms with Crippen LogP contribution in [0.15, 0.2) is 47.4 Å². The number of carbonyl (C=O) groups excluding carboxylic acids is 1. The quantitative estimate of drug-likeness (QED) is 0.408. The van der Waals surface area contributed by atoms with Crippen LogP contribution in [-0.4, -0.2) is 55.6 Å². The Balaban J connectivity index is 1.43. The first-order valence-corrected chi connectivity index (χ1v) is 11.6. The molecule has 1 amide bonds. The van der Waals surface area contributed by atoms with E-state index >= 15 is 0 Å². The van der Waals surface area contributed by atoms with Crippen molar-refractivity contribution in [2.75, 3.05) is 18.4 Å². The molecule has 182 valence electrons. The predicted molar refractivity (Wildman–Crippen MR) is 127 cm³/mol. The Morgan fingerprint density at radius 1 is 1.09 bits per heavy atom. The number of carboxylic acid groups (broad SMARTS) is 2. The topological polar surface area (TPSA) is 145 Å². The molecule has 0 radical (unpaired) electrons. The Morgan fingerprint density at radius 3 is 2.69 bits per heavy atom. The van der Waals surface area contributed by atoms with Crippen molar-refractivity contribution in [3.05, 3.63) is 64.2 Å². The molecule has 0 spiro atoms. The second kappa shape index (κ2) is 9.03. The predicted octanol–water partition coefficient (Wildman–Crippen LogP) is 2.38. The number of likely N-dealkylation sites (tertiary alicyclic amines) is 1. The average Bonchev–Trinajstić information content (AvgIpc) is 3.21. The molecule has 2 aromatic heterocycles. The van der Waals surface area contributed by atoms with E-state index in [0.29, 0.717) is 36.3 Å². The van der Waals surface area contributed by atoms with Gasteiger partial charge in [-0.15, -0.1) is 0 Å². The Morgan fingerprint density at radius 2 is 1.91 bits per heavy atom. The van der Waals surface area contributed by atoms with E-state index in [1.54, 1.807) is 36.5 Å². The first-order valence-electron chi connectivity index (χ1n) is 11.6. The largest absolute Gasteiger partial charge is 0.481 e. The van der Waals surface area contributed by atoms with E-state index in [9.17, 15) is 24.3 Å². The molecule has 4 N–H and O–H groups in total. The summed E-state index contributed by atoms with van der Waals surface area (Å²) in [6.07, 6.45) is 2.21. The Kier molecular flexibility index (Phi) is 5.89. The minimum absolute atomic E-state index is 0.0185. The highest BCUT2D eigenvalue weighted by Gasteiger charge is 2.40. The molecule has 1 fully saturated rings. The van der Waals surface area contributed by atoms with Crippen LogP contribution in [0, 0.1) is 5.92 Å². The number of H-pyrrole nitrogens is 1. The maximum absolute atomic E-state index is 12.5. The lowest BCUT2D eigenvalue weighted by molar-refractivity contribution is -0.145. The van der Waals surface area contributed by atoms with Crippen LogP contribution < -0.4 is 10.9 Å². The number of carbonyl (C=O) groups is 3. The lowest BCUT2D eigenvalue weighted by atomic mass is 9.82. The summed E-state index contributed by atoms with van der Waals surface area (Å²) in [5.74, 6) is -2.18. The summed E-state index contributed by atoms with van der Waals surface area (Å²) in [6.45, 7) is 1.66. The number of nitrogens with zero attached hydrogens (tertiary/aromatic N) is 2. The number of aromatic nitrogens is 2. The first kappa shape index (κ1) is 22.9. The van der Waals surface area contributed by atoms with Gasteiger partial charge in [-0.1, -0.05) is 6.07 Å². The number of anilines is 1. The van der Waals surface area contributed by atoms with E-state index in [-0.39, 0.29) is 30.2 Å². The fourth-order valence-corrected chi connectivity index (χ4v) is 5.52. The van der Waals surface area contributed by atoms with Crippen LogP contribution in [0.3, 0.4) is 0 Å². The van der Waals surface area contributed by atoms with Crippen molar-refractivity contribution < 1.29 is 24.6 Å². The minimum atomic E-state index is -1.05. The van der Waals surface area contributed by atoms with Gasteiger partial charge in [-0.25, -0.2) is 0 Å². The molecular weight excluding hydrogens is 452 g/mol. The highest BCUT2D eigenvalue weighted by molar-refractivity contribution is 5.96. The number of carboxylic acids is 2. The van der Waals surface area contributed by atoms with Gasteiger partial charge in [0.25, 0.3) is 5.56 Å². The number of benzene rings is 1. The number of rotatable bonds is 7. The Bertz CT molecular complexity index is 1380. The van der Waals surface area contributed by atoms with Crippen molar-refractivity contribution in [1.82, 2.24) is 14.5 Å². The van der Waals surface area contributed by atoms with Crippen LogP contribution in [0.1, 0.15) is 42.5 Å². The van der Waals surface area contributed by atoms with Gasteiger partial charge < -0.3 is 25.1 Å².